The number of aromatic carboxylic acids is 1. The minimum Gasteiger partial charge on any atom is -0.478 e. The maximum Gasteiger partial charge on any atom is 0.335 e. The van der Waals surface area contributed by atoms with Gasteiger partial charge < -0.3 is 10.0 Å². The van der Waals surface area contributed by atoms with Crippen LogP contribution in [0.1, 0.15) is 40.2 Å². The van der Waals surface area contributed by atoms with Crippen LogP contribution in [0, 0.1) is 5.92 Å². The van der Waals surface area contributed by atoms with E-state index in [-0.39, 0.29) is 11.5 Å². The molecule has 0 spiro atoms. The fraction of sp³-hybridized carbons (Fsp3) is 0.300. The average Bonchev–Trinajstić information content (AvgIpc) is 3.35. The summed E-state index contributed by atoms with van der Waals surface area (Å²) in [6.45, 7) is 0.501. The third-order valence-electron chi connectivity index (χ3n) is 4.63. The van der Waals surface area contributed by atoms with Crippen LogP contribution in [0.25, 0.3) is 0 Å². The third-order valence-corrected chi connectivity index (χ3v) is 4.63. The quantitative estimate of drug-likeness (QED) is 0.884. The Labute approximate surface area is 141 Å². The Bertz CT molecular complexity index is 724. The smallest absolute Gasteiger partial charge is 0.335 e. The van der Waals surface area contributed by atoms with Crippen molar-refractivity contribution in [3.63, 3.8) is 0 Å². The maximum atomic E-state index is 12.4. The summed E-state index contributed by atoms with van der Waals surface area (Å²) in [7, 11) is 1.80. The van der Waals surface area contributed by atoms with Crippen molar-refractivity contribution >= 4 is 11.9 Å². The molecule has 2 atom stereocenters. The number of benzene rings is 2. The molecule has 0 heterocycles. The van der Waals surface area contributed by atoms with Gasteiger partial charge in [0.05, 0.1) is 5.56 Å². The molecule has 1 amide bonds. The molecular formula is C20H21NO3. The SMILES string of the molecule is CN(Cc1ccc(C(=O)O)cc1)C(=O)C[C@@H]1C[C@H]1c1ccccc1. The molecule has 0 radical (unpaired) electrons. The Kier molecular flexibility index (Phi) is 4.65. The second-order valence-corrected chi connectivity index (χ2v) is 6.47. The van der Waals surface area contributed by atoms with Gasteiger partial charge in [0, 0.05) is 20.0 Å². The summed E-state index contributed by atoms with van der Waals surface area (Å²) in [4.78, 5) is 25.0. The van der Waals surface area contributed by atoms with E-state index >= 15 is 0 Å². The number of carbonyl (C=O) groups excluding carboxylic acids is 1. The molecule has 1 N–H and O–H groups in total. The Morgan fingerprint density at radius 3 is 2.38 bits per heavy atom. The number of amides is 1. The largest absolute Gasteiger partial charge is 0.478 e. The highest BCUT2D eigenvalue weighted by Crippen LogP contribution is 2.49. The van der Waals surface area contributed by atoms with Crippen LogP contribution >= 0.6 is 0 Å². The fourth-order valence-corrected chi connectivity index (χ4v) is 3.08. The number of nitrogens with zero attached hydrogens (tertiary/aromatic N) is 1. The van der Waals surface area contributed by atoms with E-state index in [1.165, 1.54) is 5.56 Å². The molecule has 0 aliphatic heterocycles. The van der Waals surface area contributed by atoms with Crippen LogP contribution in [-0.4, -0.2) is 28.9 Å². The minimum atomic E-state index is -0.938. The molecule has 24 heavy (non-hydrogen) atoms. The number of hydrogen-bond donors (Lipinski definition) is 1. The molecule has 1 aliphatic rings. The molecule has 2 aromatic carbocycles. The summed E-state index contributed by atoms with van der Waals surface area (Å²) < 4.78 is 0. The molecular weight excluding hydrogens is 302 g/mol. The highest BCUT2D eigenvalue weighted by molar-refractivity contribution is 5.87. The lowest BCUT2D eigenvalue weighted by Crippen LogP contribution is -2.26. The molecule has 4 nitrogen and oxygen atoms in total. The Morgan fingerprint density at radius 1 is 1.08 bits per heavy atom. The molecule has 0 aromatic heterocycles. The van der Waals surface area contributed by atoms with E-state index in [0.29, 0.717) is 24.8 Å². The van der Waals surface area contributed by atoms with Crippen molar-refractivity contribution in [2.45, 2.75) is 25.3 Å². The molecule has 1 aliphatic carbocycles. The van der Waals surface area contributed by atoms with Crippen molar-refractivity contribution in [2.24, 2.45) is 5.92 Å². The van der Waals surface area contributed by atoms with Crippen molar-refractivity contribution < 1.29 is 14.7 Å². The van der Waals surface area contributed by atoms with E-state index in [0.717, 1.165) is 12.0 Å². The molecule has 4 heteroatoms. The highest BCUT2D eigenvalue weighted by atomic mass is 16.4. The van der Waals surface area contributed by atoms with Gasteiger partial charge in [-0.25, -0.2) is 4.79 Å². The van der Waals surface area contributed by atoms with Gasteiger partial charge in [0.15, 0.2) is 0 Å². The molecule has 124 valence electrons. The zero-order valence-corrected chi connectivity index (χ0v) is 13.7. The van der Waals surface area contributed by atoms with Gasteiger partial charge >= 0.3 is 5.97 Å². The first-order valence-electron chi connectivity index (χ1n) is 8.15. The van der Waals surface area contributed by atoms with Gasteiger partial charge in [-0.1, -0.05) is 42.5 Å². The van der Waals surface area contributed by atoms with Crippen molar-refractivity contribution in [1.82, 2.24) is 4.90 Å². The first-order chi connectivity index (χ1) is 11.5. The van der Waals surface area contributed by atoms with Gasteiger partial charge in [0.2, 0.25) is 5.91 Å². The van der Waals surface area contributed by atoms with E-state index in [1.54, 1.807) is 36.2 Å². The predicted octanol–water partition coefficient (Wildman–Crippen LogP) is 3.54. The number of hydrogen-bond acceptors (Lipinski definition) is 2. The predicted molar refractivity (Wildman–Crippen MR) is 91.8 cm³/mol. The lowest BCUT2D eigenvalue weighted by Gasteiger charge is -2.17. The van der Waals surface area contributed by atoms with Crippen molar-refractivity contribution in [2.75, 3.05) is 7.05 Å². The summed E-state index contributed by atoms with van der Waals surface area (Å²) in [5.41, 5.74) is 2.52. The highest BCUT2D eigenvalue weighted by Gasteiger charge is 2.39. The van der Waals surface area contributed by atoms with Gasteiger partial charge in [-0.05, 0) is 41.5 Å². The van der Waals surface area contributed by atoms with Crippen LogP contribution in [0.15, 0.2) is 54.6 Å². The van der Waals surface area contributed by atoms with Crippen LogP contribution in [0.2, 0.25) is 0 Å². The van der Waals surface area contributed by atoms with E-state index in [4.69, 9.17) is 5.11 Å². The second-order valence-electron chi connectivity index (χ2n) is 6.47. The summed E-state index contributed by atoms with van der Waals surface area (Å²) in [6, 6.07) is 17.0. The minimum absolute atomic E-state index is 0.140. The van der Waals surface area contributed by atoms with E-state index < -0.39 is 5.97 Å². The Morgan fingerprint density at radius 2 is 1.75 bits per heavy atom. The van der Waals surface area contributed by atoms with Gasteiger partial charge in [-0.3, -0.25) is 4.79 Å². The van der Waals surface area contributed by atoms with E-state index in [1.807, 2.05) is 18.2 Å². The van der Waals surface area contributed by atoms with E-state index in [2.05, 4.69) is 12.1 Å². The van der Waals surface area contributed by atoms with Crippen LogP contribution < -0.4 is 0 Å². The lowest BCUT2D eigenvalue weighted by atomic mass is 10.1. The van der Waals surface area contributed by atoms with Gasteiger partial charge in [0.1, 0.15) is 0 Å². The summed E-state index contributed by atoms with van der Waals surface area (Å²) in [5, 5.41) is 8.91. The molecule has 1 saturated carbocycles. The van der Waals surface area contributed by atoms with Crippen LogP contribution in [0.3, 0.4) is 0 Å². The van der Waals surface area contributed by atoms with Gasteiger partial charge in [0.25, 0.3) is 0 Å². The van der Waals surface area contributed by atoms with Crippen molar-refractivity contribution in [3.8, 4) is 0 Å². The third kappa shape index (κ3) is 3.82. The Balaban J connectivity index is 1.51. The van der Waals surface area contributed by atoms with Crippen LogP contribution in [0.4, 0.5) is 0 Å². The fourth-order valence-electron chi connectivity index (χ4n) is 3.08. The Hall–Kier alpha value is -2.62. The van der Waals surface area contributed by atoms with Gasteiger partial charge in [-0.2, -0.15) is 0 Å². The number of carbonyl (C=O) groups is 2. The monoisotopic (exact) mass is 323 g/mol. The first-order valence-corrected chi connectivity index (χ1v) is 8.15. The zero-order valence-electron chi connectivity index (χ0n) is 13.7. The van der Waals surface area contributed by atoms with Crippen LogP contribution in [-0.2, 0) is 11.3 Å². The normalized spacial score (nSPS) is 18.9. The van der Waals surface area contributed by atoms with Gasteiger partial charge in [-0.15, -0.1) is 0 Å². The topological polar surface area (TPSA) is 57.6 Å². The standard InChI is InChI=1S/C20H21NO3/c1-21(13-14-7-9-16(10-8-14)20(23)24)19(22)12-17-11-18(17)15-5-3-2-4-6-15/h2-10,17-18H,11-13H2,1H3,(H,23,24)/t17-,18-/m0/s1. The molecule has 0 unspecified atom stereocenters. The van der Waals surface area contributed by atoms with Crippen LogP contribution in [0.5, 0.6) is 0 Å². The molecule has 3 rings (SSSR count). The van der Waals surface area contributed by atoms with E-state index in [9.17, 15) is 9.59 Å². The summed E-state index contributed by atoms with van der Waals surface area (Å²) in [6.07, 6.45) is 1.65. The molecule has 0 bridgehead atoms. The first kappa shape index (κ1) is 16.2. The van der Waals surface area contributed by atoms with Crippen molar-refractivity contribution in [3.05, 3.63) is 71.3 Å². The molecule has 2 aromatic rings. The summed E-state index contributed by atoms with van der Waals surface area (Å²) in [5.74, 6) is 0.155. The average molecular weight is 323 g/mol. The maximum absolute atomic E-state index is 12.4. The number of carboxylic acid groups (broad SMARTS) is 1. The number of rotatable bonds is 6. The summed E-state index contributed by atoms with van der Waals surface area (Å²) >= 11 is 0. The van der Waals surface area contributed by atoms with Crippen molar-refractivity contribution in [1.29, 1.82) is 0 Å². The molecule has 1 fully saturated rings. The second kappa shape index (κ2) is 6.87. The zero-order chi connectivity index (χ0) is 17.1. The lowest BCUT2D eigenvalue weighted by molar-refractivity contribution is -0.130. The molecule has 0 saturated heterocycles. The number of carboxylic acids is 1.